The van der Waals surface area contributed by atoms with Crippen LogP contribution in [0.25, 0.3) is 0 Å². The third-order valence-electron chi connectivity index (χ3n) is 3.96. The van der Waals surface area contributed by atoms with Crippen molar-refractivity contribution in [3.05, 3.63) is 28.8 Å². The van der Waals surface area contributed by atoms with Gasteiger partial charge in [-0.15, -0.1) is 0 Å². The molecule has 0 saturated heterocycles. The van der Waals surface area contributed by atoms with Gasteiger partial charge in [-0.3, -0.25) is 9.69 Å². The van der Waals surface area contributed by atoms with E-state index in [2.05, 4.69) is 57.0 Å². The molecule has 3 nitrogen and oxygen atoms in total. The highest BCUT2D eigenvalue weighted by atomic mass is 16.2. The minimum atomic E-state index is 0.0993. The Hall–Kier alpha value is -1.35. The van der Waals surface area contributed by atoms with Crippen LogP contribution in [0.4, 0.5) is 5.69 Å². The summed E-state index contributed by atoms with van der Waals surface area (Å²) < 4.78 is 0. The lowest BCUT2D eigenvalue weighted by atomic mass is 10.1. The molecular formula is C19H32N2O. The van der Waals surface area contributed by atoms with Gasteiger partial charge in [-0.05, 0) is 57.8 Å². The zero-order valence-corrected chi connectivity index (χ0v) is 15.0. The van der Waals surface area contributed by atoms with Crippen molar-refractivity contribution in [2.24, 2.45) is 0 Å². The number of carbonyl (C=O) groups excluding carboxylic acids is 1. The van der Waals surface area contributed by atoms with Crippen molar-refractivity contribution >= 4 is 11.6 Å². The van der Waals surface area contributed by atoms with E-state index in [1.54, 1.807) is 0 Å². The number of carbonyl (C=O) groups is 1. The Morgan fingerprint density at radius 2 is 1.50 bits per heavy atom. The van der Waals surface area contributed by atoms with Crippen LogP contribution in [-0.4, -0.2) is 30.4 Å². The number of hydrogen-bond donors (Lipinski definition) is 1. The SMILES string of the molecule is CCCCN(CCCC)CC(=O)Nc1c(C)cc(C)cc1C. The summed E-state index contributed by atoms with van der Waals surface area (Å²) in [6.45, 7) is 13.1. The van der Waals surface area contributed by atoms with Gasteiger partial charge in [-0.2, -0.15) is 0 Å². The van der Waals surface area contributed by atoms with Crippen molar-refractivity contribution in [1.29, 1.82) is 0 Å². The van der Waals surface area contributed by atoms with Gasteiger partial charge in [0.15, 0.2) is 0 Å². The molecule has 0 fully saturated rings. The molecule has 0 aliphatic heterocycles. The van der Waals surface area contributed by atoms with Gasteiger partial charge >= 0.3 is 0 Å². The summed E-state index contributed by atoms with van der Waals surface area (Å²) in [6.07, 6.45) is 4.64. The van der Waals surface area contributed by atoms with Crippen LogP contribution in [0, 0.1) is 20.8 Å². The highest BCUT2D eigenvalue weighted by molar-refractivity contribution is 5.93. The fourth-order valence-electron chi connectivity index (χ4n) is 2.79. The molecule has 0 saturated carbocycles. The fourth-order valence-corrected chi connectivity index (χ4v) is 2.79. The molecule has 3 heteroatoms. The Balaban J connectivity index is 2.66. The fraction of sp³-hybridized carbons (Fsp3) is 0.632. The molecule has 1 rings (SSSR count). The molecule has 0 aliphatic carbocycles. The van der Waals surface area contributed by atoms with Crippen molar-refractivity contribution in [3.8, 4) is 0 Å². The summed E-state index contributed by atoms with van der Waals surface area (Å²) in [5.74, 6) is 0.0993. The average Bonchev–Trinajstić information content (AvgIpc) is 2.45. The van der Waals surface area contributed by atoms with Crippen molar-refractivity contribution < 1.29 is 4.79 Å². The third kappa shape index (κ3) is 6.18. The Morgan fingerprint density at radius 3 is 1.95 bits per heavy atom. The maximum atomic E-state index is 12.4. The van der Waals surface area contributed by atoms with Crippen molar-refractivity contribution in [2.75, 3.05) is 25.0 Å². The largest absolute Gasteiger partial charge is 0.324 e. The van der Waals surface area contributed by atoms with E-state index >= 15 is 0 Å². The van der Waals surface area contributed by atoms with Gasteiger partial charge in [0, 0.05) is 5.69 Å². The van der Waals surface area contributed by atoms with Gasteiger partial charge in [0.2, 0.25) is 5.91 Å². The monoisotopic (exact) mass is 304 g/mol. The Morgan fingerprint density at radius 1 is 1.00 bits per heavy atom. The topological polar surface area (TPSA) is 32.3 Å². The van der Waals surface area contributed by atoms with E-state index < -0.39 is 0 Å². The molecule has 0 heterocycles. The lowest BCUT2D eigenvalue weighted by Gasteiger charge is -2.22. The summed E-state index contributed by atoms with van der Waals surface area (Å²) in [5, 5.41) is 3.11. The van der Waals surface area contributed by atoms with Gasteiger partial charge in [-0.25, -0.2) is 0 Å². The van der Waals surface area contributed by atoms with Crippen LogP contribution >= 0.6 is 0 Å². The van der Waals surface area contributed by atoms with Crippen LogP contribution in [0.1, 0.15) is 56.2 Å². The predicted octanol–water partition coefficient (Wildman–Crippen LogP) is 4.45. The predicted molar refractivity (Wildman–Crippen MR) is 95.5 cm³/mol. The van der Waals surface area contributed by atoms with Crippen LogP contribution < -0.4 is 5.32 Å². The van der Waals surface area contributed by atoms with E-state index in [1.165, 1.54) is 18.4 Å². The highest BCUT2D eigenvalue weighted by Gasteiger charge is 2.12. The zero-order valence-electron chi connectivity index (χ0n) is 15.0. The number of amides is 1. The molecule has 124 valence electrons. The maximum absolute atomic E-state index is 12.4. The van der Waals surface area contributed by atoms with Crippen molar-refractivity contribution in [1.82, 2.24) is 4.90 Å². The van der Waals surface area contributed by atoms with Crippen molar-refractivity contribution in [2.45, 2.75) is 60.3 Å². The smallest absolute Gasteiger partial charge is 0.238 e. The van der Waals surface area contributed by atoms with Crippen LogP contribution in [0.15, 0.2) is 12.1 Å². The summed E-state index contributed by atoms with van der Waals surface area (Å²) in [6, 6.07) is 4.24. The highest BCUT2D eigenvalue weighted by Crippen LogP contribution is 2.21. The van der Waals surface area contributed by atoms with E-state index in [-0.39, 0.29) is 5.91 Å². The molecule has 1 aromatic rings. The molecule has 0 aliphatic rings. The molecule has 1 N–H and O–H groups in total. The Kier molecular flexibility index (Phi) is 8.18. The molecule has 0 bridgehead atoms. The first-order valence-electron chi connectivity index (χ1n) is 8.58. The number of aryl methyl sites for hydroxylation is 3. The molecular weight excluding hydrogens is 272 g/mol. The normalized spacial score (nSPS) is 11.0. The number of unbranched alkanes of at least 4 members (excludes halogenated alkanes) is 2. The number of hydrogen-bond acceptors (Lipinski definition) is 2. The second-order valence-corrected chi connectivity index (χ2v) is 6.31. The molecule has 0 aromatic heterocycles. The minimum absolute atomic E-state index is 0.0993. The molecule has 0 atom stereocenters. The molecule has 0 spiro atoms. The second-order valence-electron chi connectivity index (χ2n) is 6.31. The summed E-state index contributed by atoms with van der Waals surface area (Å²) in [4.78, 5) is 14.7. The van der Waals surface area contributed by atoms with E-state index in [4.69, 9.17) is 0 Å². The Bertz CT molecular complexity index is 451. The van der Waals surface area contributed by atoms with Gasteiger partial charge < -0.3 is 5.32 Å². The van der Waals surface area contributed by atoms with E-state index in [9.17, 15) is 4.79 Å². The third-order valence-corrected chi connectivity index (χ3v) is 3.96. The van der Waals surface area contributed by atoms with Gasteiger partial charge in [0.1, 0.15) is 0 Å². The number of anilines is 1. The van der Waals surface area contributed by atoms with Gasteiger partial charge in [-0.1, -0.05) is 44.4 Å². The van der Waals surface area contributed by atoms with Gasteiger partial charge in [0.25, 0.3) is 0 Å². The minimum Gasteiger partial charge on any atom is -0.324 e. The van der Waals surface area contributed by atoms with Crippen LogP contribution in [0.2, 0.25) is 0 Å². The van der Waals surface area contributed by atoms with Crippen LogP contribution in [0.3, 0.4) is 0 Å². The summed E-state index contributed by atoms with van der Waals surface area (Å²) >= 11 is 0. The van der Waals surface area contributed by atoms with Crippen LogP contribution in [-0.2, 0) is 4.79 Å². The summed E-state index contributed by atoms with van der Waals surface area (Å²) in [5.41, 5.74) is 4.49. The van der Waals surface area contributed by atoms with E-state index in [1.807, 2.05) is 0 Å². The van der Waals surface area contributed by atoms with Gasteiger partial charge in [0.05, 0.1) is 6.54 Å². The number of benzene rings is 1. The molecule has 1 aromatic carbocycles. The van der Waals surface area contributed by atoms with Crippen LogP contribution in [0.5, 0.6) is 0 Å². The lowest BCUT2D eigenvalue weighted by Crippen LogP contribution is -2.35. The standard InChI is InChI=1S/C19H32N2O/c1-6-8-10-21(11-9-7-2)14-18(22)20-19-16(4)12-15(3)13-17(19)5/h12-13H,6-11,14H2,1-5H3,(H,20,22). The number of nitrogens with zero attached hydrogens (tertiary/aromatic N) is 1. The average molecular weight is 304 g/mol. The molecule has 0 unspecified atom stereocenters. The zero-order chi connectivity index (χ0) is 16.5. The van der Waals surface area contributed by atoms with Crippen molar-refractivity contribution in [3.63, 3.8) is 0 Å². The second kappa shape index (κ2) is 9.62. The molecule has 22 heavy (non-hydrogen) atoms. The van der Waals surface area contributed by atoms with E-state index in [0.717, 1.165) is 42.7 Å². The first kappa shape index (κ1) is 18.7. The first-order chi connectivity index (χ1) is 10.5. The Labute approximate surface area is 136 Å². The molecule has 0 radical (unpaired) electrons. The maximum Gasteiger partial charge on any atom is 0.238 e. The number of nitrogens with one attached hydrogen (secondary N) is 1. The number of rotatable bonds is 9. The van der Waals surface area contributed by atoms with E-state index in [0.29, 0.717) is 6.54 Å². The quantitative estimate of drug-likeness (QED) is 0.731. The summed E-state index contributed by atoms with van der Waals surface area (Å²) in [7, 11) is 0. The lowest BCUT2D eigenvalue weighted by molar-refractivity contribution is -0.117. The molecule has 1 amide bonds. The first-order valence-corrected chi connectivity index (χ1v) is 8.58.